The second-order valence-corrected chi connectivity index (χ2v) is 7.96. The van der Waals surface area contributed by atoms with Gasteiger partial charge in [0.2, 0.25) is 0 Å². The first-order chi connectivity index (χ1) is 13.6. The standard InChI is InChI=1S/C22H35N3O3/c1-4-19(18-9-10-20(27-2)21(15-18)28-3)23-22(26)25-13-11-24(12-14-25)16-17-7-5-6-8-17/h9-10,15,17,19H,4-8,11-14,16H2,1-3H3,(H,23,26)/t19-/m0/s1. The summed E-state index contributed by atoms with van der Waals surface area (Å²) in [6.07, 6.45) is 6.36. The molecule has 0 spiro atoms. The van der Waals surface area contributed by atoms with Crippen LogP contribution in [0.15, 0.2) is 18.2 Å². The number of hydrogen-bond donors (Lipinski definition) is 1. The molecule has 0 aromatic heterocycles. The monoisotopic (exact) mass is 389 g/mol. The maximum Gasteiger partial charge on any atom is 0.317 e. The number of urea groups is 1. The average molecular weight is 390 g/mol. The molecule has 1 saturated carbocycles. The topological polar surface area (TPSA) is 54.0 Å². The fraction of sp³-hybridized carbons (Fsp3) is 0.682. The Morgan fingerprint density at radius 1 is 1.11 bits per heavy atom. The first kappa shape index (κ1) is 20.8. The van der Waals surface area contributed by atoms with E-state index in [2.05, 4.69) is 17.1 Å². The number of ether oxygens (including phenoxy) is 2. The van der Waals surface area contributed by atoms with Gasteiger partial charge in [0.05, 0.1) is 20.3 Å². The Hall–Kier alpha value is -1.95. The summed E-state index contributed by atoms with van der Waals surface area (Å²) in [5.41, 5.74) is 1.04. The molecule has 1 atom stereocenters. The van der Waals surface area contributed by atoms with Crippen LogP contribution in [0.2, 0.25) is 0 Å². The van der Waals surface area contributed by atoms with Crippen molar-refractivity contribution in [3.05, 3.63) is 23.8 Å². The molecule has 6 nitrogen and oxygen atoms in total. The minimum atomic E-state index is -0.0381. The van der Waals surface area contributed by atoms with Gasteiger partial charge in [-0.3, -0.25) is 4.90 Å². The van der Waals surface area contributed by atoms with Gasteiger partial charge in [-0.1, -0.05) is 25.8 Å². The Balaban J connectivity index is 1.53. The van der Waals surface area contributed by atoms with E-state index >= 15 is 0 Å². The fourth-order valence-electron chi connectivity index (χ4n) is 4.42. The first-order valence-electron chi connectivity index (χ1n) is 10.6. The van der Waals surface area contributed by atoms with Crippen LogP contribution in [0.4, 0.5) is 4.79 Å². The summed E-state index contributed by atoms with van der Waals surface area (Å²) in [5, 5.41) is 3.20. The smallest absolute Gasteiger partial charge is 0.317 e. The molecule has 3 rings (SSSR count). The zero-order valence-electron chi connectivity index (χ0n) is 17.6. The Morgan fingerprint density at radius 3 is 2.39 bits per heavy atom. The number of rotatable bonds is 7. The molecule has 1 saturated heterocycles. The highest BCUT2D eigenvalue weighted by Crippen LogP contribution is 2.31. The Morgan fingerprint density at radius 2 is 1.79 bits per heavy atom. The maximum absolute atomic E-state index is 12.8. The van der Waals surface area contributed by atoms with E-state index in [0.29, 0.717) is 11.5 Å². The predicted molar refractivity (Wildman–Crippen MR) is 111 cm³/mol. The number of piperazine rings is 1. The van der Waals surface area contributed by atoms with Crippen molar-refractivity contribution in [3.8, 4) is 11.5 Å². The molecule has 2 fully saturated rings. The van der Waals surface area contributed by atoms with E-state index in [1.807, 2.05) is 23.1 Å². The molecule has 28 heavy (non-hydrogen) atoms. The lowest BCUT2D eigenvalue weighted by atomic mass is 10.0. The minimum absolute atomic E-state index is 0.0298. The average Bonchev–Trinajstić information content (AvgIpc) is 3.24. The van der Waals surface area contributed by atoms with Crippen LogP contribution in [0, 0.1) is 5.92 Å². The van der Waals surface area contributed by atoms with E-state index in [1.54, 1.807) is 14.2 Å². The Labute approximate surface area is 169 Å². The van der Waals surface area contributed by atoms with E-state index in [4.69, 9.17) is 9.47 Å². The maximum atomic E-state index is 12.8. The molecule has 0 bridgehead atoms. The highest BCUT2D eigenvalue weighted by molar-refractivity contribution is 5.75. The zero-order chi connectivity index (χ0) is 19.9. The zero-order valence-corrected chi connectivity index (χ0v) is 17.6. The van der Waals surface area contributed by atoms with Crippen molar-refractivity contribution in [2.45, 2.75) is 45.1 Å². The van der Waals surface area contributed by atoms with Gasteiger partial charge in [-0.2, -0.15) is 0 Å². The molecule has 0 radical (unpaired) electrons. The Bertz CT molecular complexity index is 638. The molecular weight excluding hydrogens is 354 g/mol. The summed E-state index contributed by atoms with van der Waals surface area (Å²) in [7, 11) is 3.26. The van der Waals surface area contributed by atoms with Crippen LogP contribution < -0.4 is 14.8 Å². The van der Waals surface area contributed by atoms with Gasteiger partial charge in [-0.15, -0.1) is 0 Å². The van der Waals surface area contributed by atoms with Gasteiger partial charge >= 0.3 is 6.03 Å². The largest absolute Gasteiger partial charge is 0.493 e. The van der Waals surface area contributed by atoms with Crippen LogP contribution in [0.25, 0.3) is 0 Å². The van der Waals surface area contributed by atoms with Crippen molar-refractivity contribution in [2.24, 2.45) is 5.92 Å². The summed E-state index contributed by atoms with van der Waals surface area (Å²) in [6.45, 7) is 6.87. The van der Waals surface area contributed by atoms with Gasteiger partial charge < -0.3 is 19.7 Å². The van der Waals surface area contributed by atoms with E-state index < -0.39 is 0 Å². The number of nitrogens with zero attached hydrogens (tertiary/aromatic N) is 2. The molecule has 6 heteroatoms. The summed E-state index contributed by atoms with van der Waals surface area (Å²) in [6, 6.07) is 5.83. The van der Waals surface area contributed by atoms with Crippen LogP contribution in [0.3, 0.4) is 0 Å². The van der Waals surface area contributed by atoms with Crippen molar-refractivity contribution in [1.29, 1.82) is 0 Å². The van der Waals surface area contributed by atoms with E-state index in [9.17, 15) is 4.79 Å². The molecule has 1 heterocycles. The summed E-state index contributed by atoms with van der Waals surface area (Å²) in [4.78, 5) is 17.3. The number of hydrogen-bond acceptors (Lipinski definition) is 4. The van der Waals surface area contributed by atoms with Gasteiger partial charge in [-0.25, -0.2) is 4.79 Å². The number of benzene rings is 1. The first-order valence-corrected chi connectivity index (χ1v) is 10.6. The molecule has 1 N–H and O–H groups in total. The second kappa shape index (κ2) is 10.0. The van der Waals surface area contributed by atoms with Crippen LogP contribution in [-0.2, 0) is 0 Å². The van der Waals surface area contributed by atoms with Gasteiger partial charge in [0, 0.05) is 32.7 Å². The third-order valence-corrected chi connectivity index (χ3v) is 6.17. The number of carbonyl (C=O) groups is 1. The summed E-state index contributed by atoms with van der Waals surface area (Å²) < 4.78 is 10.7. The molecule has 1 aliphatic heterocycles. The molecule has 0 unspecified atom stereocenters. The third kappa shape index (κ3) is 5.10. The molecule has 1 aliphatic carbocycles. The quantitative estimate of drug-likeness (QED) is 0.773. The van der Waals surface area contributed by atoms with Crippen molar-refractivity contribution in [3.63, 3.8) is 0 Å². The lowest BCUT2D eigenvalue weighted by molar-refractivity contribution is 0.126. The van der Waals surface area contributed by atoms with Gasteiger partial charge in [-0.05, 0) is 42.9 Å². The van der Waals surface area contributed by atoms with Crippen LogP contribution in [-0.4, -0.2) is 62.8 Å². The number of carbonyl (C=O) groups excluding carboxylic acids is 1. The van der Waals surface area contributed by atoms with Gasteiger partial charge in [0.25, 0.3) is 0 Å². The highest BCUT2D eigenvalue weighted by atomic mass is 16.5. The highest BCUT2D eigenvalue weighted by Gasteiger charge is 2.25. The summed E-state index contributed by atoms with van der Waals surface area (Å²) >= 11 is 0. The Kier molecular flexibility index (Phi) is 7.43. The van der Waals surface area contributed by atoms with Crippen molar-refractivity contribution < 1.29 is 14.3 Å². The molecular formula is C22H35N3O3. The molecule has 2 aliphatic rings. The lowest BCUT2D eigenvalue weighted by Crippen LogP contribution is -2.52. The van der Waals surface area contributed by atoms with Crippen LogP contribution in [0.5, 0.6) is 11.5 Å². The third-order valence-electron chi connectivity index (χ3n) is 6.17. The summed E-state index contributed by atoms with van der Waals surface area (Å²) in [5.74, 6) is 2.26. The molecule has 1 aromatic rings. The SMILES string of the molecule is CC[C@H](NC(=O)N1CCN(CC2CCCC2)CC1)c1ccc(OC)c(OC)c1. The number of amides is 2. The van der Waals surface area contributed by atoms with Crippen molar-refractivity contribution in [2.75, 3.05) is 46.9 Å². The van der Waals surface area contributed by atoms with E-state index in [1.165, 1.54) is 32.2 Å². The second-order valence-electron chi connectivity index (χ2n) is 7.96. The minimum Gasteiger partial charge on any atom is -0.493 e. The van der Waals surface area contributed by atoms with Crippen molar-refractivity contribution in [1.82, 2.24) is 15.1 Å². The lowest BCUT2D eigenvalue weighted by Gasteiger charge is -2.36. The molecule has 1 aromatic carbocycles. The number of nitrogens with one attached hydrogen (secondary N) is 1. The molecule has 2 amide bonds. The van der Waals surface area contributed by atoms with Gasteiger partial charge in [0.15, 0.2) is 11.5 Å². The van der Waals surface area contributed by atoms with Crippen molar-refractivity contribution >= 4 is 6.03 Å². The number of methoxy groups -OCH3 is 2. The predicted octanol–water partition coefficient (Wildman–Crippen LogP) is 3.67. The molecule has 156 valence electrons. The van der Waals surface area contributed by atoms with Gasteiger partial charge in [0.1, 0.15) is 0 Å². The van der Waals surface area contributed by atoms with Crippen LogP contribution >= 0.6 is 0 Å². The van der Waals surface area contributed by atoms with Crippen LogP contribution in [0.1, 0.15) is 50.6 Å². The fourth-order valence-corrected chi connectivity index (χ4v) is 4.42. The van der Waals surface area contributed by atoms with E-state index in [-0.39, 0.29) is 12.1 Å². The van der Waals surface area contributed by atoms with E-state index in [0.717, 1.165) is 44.1 Å². The normalized spacial score (nSPS) is 19.5.